The number of carbonyl (C=O) groups is 1. The van der Waals surface area contributed by atoms with Crippen LogP contribution >= 0.6 is 0 Å². The number of aryl methyl sites for hydroxylation is 1. The fourth-order valence-electron chi connectivity index (χ4n) is 3.12. The fraction of sp³-hybridized carbons (Fsp3) is 0.136. The Balaban J connectivity index is 1.56. The van der Waals surface area contributed by atoms with Gasteiger partial charge in [-0.1, -0.05) is 6.07 Å². The number of carbonyl (C=O) groups excluding carboxylic acids is 1. The van der Waals surface area contributed by atoms with E-state index in [1.807, 2.05) is 0 Å². The van der Waals surface area contributed by atoms with Gasteiger partial charge in [0.25, 0.3) is 5.91 Å². The Morgan fingerprint density at radius 3 is 2.58 bits per heavy atom. The fourth-order valence-corrected chi connectivity index (χ4v) is 3.12. The van der Waals surface area contributed by atoms with Crippen molar-refractivity contribution >= 4 is 28.6 Å². The lowest BCUT2D eigenvalue weighted by Crippen LogP contribution is -2.18. The minimum Gasteiger partial charge on any atom is -0.457 e. The second-order valence-corrected chi connectivity index (χ2v) is 6.90. The van der Waals surface area contributed by atoms with Gasteiger partial charge in [-0.15, -0.1) is 13.2 Å². The molecule has 0 aliphatic heterocycles. The maximum absolute atomic E-state index is 12.5. The van der Waals surface area contributed by atoms with Crippen molar-refractivity contribution < 1.29 is 27.4 Å². The van der Waals surface area contributed by atoms with Crippen molar-refractivity contribution in [3.63, 3.8) is 0 Å². The number of anilines is 2. The molecule has 0 saturated heterocycles. The zero-order valence-corrected chi connectivity index (χ0v) is 17.5. The van der Waals surface area contributed by atoms with E-state index in [2.05, 4.69) is 25.3 Å². The molecule has 0 atom stereocenters. The van der Waals surface area contributed by atoms with Crippen LogP contribution in [0.2, 0.25) is 0 Å². The minimum atomic E-state index is -4.77. The van der Waals surface area contributed by atoms with Crippen molar-refractivity contribution in [2.75, 3.05) is 12.4 Å². The monoisotopic (exact) mass is 457 g/mol. The molecule has 11 heteroatoms. The van der Waals surface area contributed by atoms with Gasteiger partial charge in [0.2, 0.25) is 5.95 Å². The summed E-state index contributed by atoms with van der Waals surface area (Å²) in [7, 11) is 3.28. The molecule has 0 aliphatic rings. The Labute approximate surface area is 186 Å². The van der Waals surface area contributed by atoms with Crippen LogP contribution in [0.25, 0.3) is 11.0 Å². The lowest BCUT2D eigenvalue weighted by atomic mass is 10.3. The number of nitrogens with one attached hydrogen (secondary N) is 2. The lowest BCUT2D eigenvalue weighted by Gasteiger charge is -2.11. The summed E-state index contributed by atoms with van der Waals surface area (Å²) < 4.78 is 49.0. The third kappa shape index (κ3) is 5.14. The first-order valence-corrected chi connectivity index (χ1v) is 9.67. The molecule has 4 aromatic rings. The second kappa shape index (κ2) is 8.69. The molecule has 4 rings (SSSR count). The number of hydrogen-bond acceptors (Lipinski definition) is 6. The van der Waals surface area contributed by atoms with Crippen molar-refractivity contribution in [3.8, 4) is 17.2 Å². The molecule has 0 aliphatic carbocycles. The average molecular weight is 457 g/mol. The largest absolute Gasteiger partial charge is 0.573 e. The molecule has 0 radical (unpaired) electrons. The van der Waals surface area contributed by atoms with E-state index < -0.39 is 6.36 Å². The van der Waals surface area contributed by atoms with E-state index in [0.29, 0.717) is 28.7 Å². The number of fused-ring (bicyclic) bond motifs is 1. The van der Waals surface area contributed by atoms with Gasteiger partial charge >= 0.3 is 6.36 Å². The van der Waals surface area contributed by atoms with E-state index in [9.17, 15) is 18.0 Å². The van der Waals surface area contributed by atoms with Crippen LogP contribution in [0.15, 0.2) is 60.8 Å². The third-order valence-electron chi connectivity index (χ3n) is 4.60. The number of rotatable bonds is 6. The molecule has 0 fully saturated rings. The van der Waals surface area contributed by atoms with E-state index in [0.717, 1.165) is 5.52 Å². The van der Waals surface area contributed by atoms with Crippen LogP contribution < -0.4 is 20.1 Å². The van der Waals surface area contributed by atoms with Gasteiger partial charge in [-0.2, -0.15) is 0 Å². The Morgan fingerprint density at radius 2 is 1.82 bits per heavy atom. The summed E-state index contributed by atoms with van der Waals surface area (Å²) in [6, 6.07) is 13.9. The van der Waals surface area contributed by atoms with Gasteiger partial charge in [0.05, 0.1) is 11.0 Å². The molecule has 1 amide bonds. The normalized spacial score (nSPS) is 11.3. The SMILES string of the molecule is CNC(=O)c1cc(Oc2ccc3c(c2)nc(Nc2cccc(OC(F)(F)F)c2)n3C)ccn1. The molecule has 0 unspecified atom stereocenters. The van der Waals surface area contributed by atoms with E-state index >= 15 is 0 Å². The summed E-state index contributed by atoms with van der Waals surface area (Å²) in [5.74, 6) is 0.661. The molecule has 0 spiro atoms. The predicted octanol–water partition coefficient (Wildman–Crippen LogP) is 4.76. The molecule has 2 N–H and O–H groups in total. The number of nitrogens with zero attached hydrogens (tertiary/aromatic N) is 3. The Kier molecular flexibility index (Phi) is 5.78. The maximum atomic E-state index is 12.5. The first-order chi connectivity index (χ1) is 15.7. The smallest absolute Gasteiger partial charge is 0.457 e. The number of benzene rings is 2. The molecular formula is C22H18F3N5O3. The van der Waals surface area contributed by atoms with Gasteiger partial charge in [0, 0.05) is 44.2 Å². The molecule has 2 heterocycles. The Hall–Kier alpha value is -4.28. The van der Waals surface area contributed by atoms with Crippen molar-refractivity contribution in [2.45, 2.75) is 6.36 Å². The highest BCUT2D eigenvalue weighted by Gasteiger charge is 2.31. The van der Waals surface area contributed by atoms with Crippen LogP contribution in [0.4, 0.5) is 24.8 Å². The molecule has 0 saturated carbocycles. The topological polar surface area (TPSA) is 90.3 Å². The lowest BCUT2D eigenvalue weighted by molar-refractivity contribution is -0.274. The number of amides is 1. The number of imidazole rings is 1. The number of pyridine rings is 1. The first-order valence-electron chi connectivity index (χ1n) is 9.67. The van der Waals surface area contributed by atoms with Gasteiger partial charge in [-0.25, -0.2) is 4.98 Å². The average Bonchev–Trinajstić information content (AvgIpc) is 3.07. The van der Waals surface area contributed by atoms with Gasteiger partial charge < -0.3 is 24.7 Å². The quantitative estimate of drug-likeness (QED) is 0.434. The van der Waals surface area contributed by atoms with Crippen molar-refractivity contribution in [3.05, 3.63) is 66.5 Å². The van der Waals surface area contributed by atoms with Crippen LogP contribution in [0, 0.1) is 0 Å². The molecule has 2 aromatic carbocycles. The summed E-state index contributed by atoms with van der Waals surface area (Å²) >= 11 is 0. The highest BCUT2D eigenvalue weighted by atomic mass is 19.4. The Bertz CT molecular complexity index is 1320. The van der Waals surface area contributed by atoms with Crippen LogP contribution in [0.1, 0.15) is 10.5 Å². The molecule has 170 valence electrons. The maximum Gasteiger partial charge on any atom is 0.573 e. The molecular weight excluding hydrogens is 439 g/mol. The van der Waals surface area contributed by atoms with Crippen molar-refractivity contribution in [2.24, 2.45) is 7.05 Å². The van der Waals surface area contributed by atoms with Gasteiger partial charge in [0.1, 0.15) is 22.9 Å². The van der Waals surface area contributed by atoms with Gasteiger partial charge in [-0.3, -0.25) is 9.78 Å². The van der Waals surface area contributed by atoms with E-state index in [1.54, 1.807) is 41.9 Å². The molecule has 33 heavy (non-hydrogen) atoms. The molecule has 2 aromatic heterocycles. The van der Waals surface area contributed by atoms with Gasteiger partial charge in [-0.05, 0) is 30.3 Å². The summed E-state index contributed by atoms with van der Waals surface area (Å²) in [5, 5.41) is 5.49. The summed E-state index contributed by atoms with van der Waals surface area (Å²) in [4.78, 5) is 20.3. The van der Waals surface area contributed by atoms with E-state index in [4.69, 9.17) is 4.74 Å². The molecule has 0 bridgehead atoms. The van der Waals surface area contributed by atoms with Crippen LogP contribution in [-0.4, -0.2) is 33.9 Å². The zero-order chi connectivity index (χ0) is 23.6. The first kappa shape index (κ1) is 21.9. The highest BCUT2D eigenvalue weighted by molar-refractivity contribution is 5.92. The Morgan fingerprint density at radius 1 is 1.03 bits per heavy atom. The molecule has 8 nitrogen and oxygen atoms in total. The minimum absolute atomic E-state index is 0.220. The van der Waals surface area contributed by atoms with Gasteiger partial charge in [0.15, 0.2) is 0 Å². The zero-order valence-electron chi connectivity index (χ0n) is 17.5. The van der Waals surface area contributed by atoms with Crippen LogP contribution in [0.5, 0.6) is 17.2 Å². The van der Waals surface area contributed by atoms with E-state index in [-0.39, 0.29) is 17.4 Å². The summed E-state index contributed by atoms with van der Waals surface area (Å²) in [6.45, 7) is 0. The van der Waals surface area contributed by atoms with Crippen molar-refractivity contribution in [1.29, 1.82) is 0 Å². The highest BCUT2D eigenvalue weighted by Crippen LogP contribution is 2.30. The number of aromatic nitrogens is 3. The number of halogens is 3. The third-order valence-corrected chi connectivity index (χ3v) is 4.60. The van der Waals surface area contributed by atoms with Crippen LogP contribution in [0.3, 0.4) is 0 Å². The van der Waals surface area contributed by atoms with Crippen molar-refractivity contribution in [1.82, 2.24) is 19.9 Å². The van der Waals surface area contributed by atoms with E-state index in [1.165, 1.54) is 37.5 Å². The van der Waals surface area contributed by atoms with Crippen LogP contribution in [-0.2, 0) is 7.05 Å². The number of ether oxygens (including phenoxy) is 2. The summed E-state index contributed by atoms with van der Waals surface area (Å²) in [5.41, 5.74) is 1.97. The summed E-state index contributed by atoms with van der Waals surface area (Å²) in [6.07, 6.45) is -3.30. The second-order valence-electron chi connectivity index (χ2n) is 6.90. The standard InChI is InChI=1S/C22H18F3N5O3/c1-26-20(31)18-12-15(8-9-27-18)32-14-6-7-19-17(11-14)29-21(30(19)2)28-13-4-3-5-16(10-13)33-22(23,24)25/h3-12H,1-2H3,(H,26,31)(H,28,29). The predicted molar refractivity (Wildman–Crippen MR) is 115 cm³/mol. The number of alkyl halides is 3. The number of hydrogen-bond donors (Lipinski definition) is 2.